The zero-order valence-electron chi connectivity index (χ0n) is 26.7. The van der Waals surface area contributed by atoms with Crippen molar-refractivity contribution in [3.05, 3.63) is 182 Å². The first-order valence-electron chi connectivity index (χ1n) is 16.8. The van der Waals surface area contributed by atoms with E-state index in [4.69, 9.17) is 0 Å². The summed E-state index contributed by atoms with van der Waals surface area (Å²) in [7, 11) is 0. The van der Waals surface area contributed by atoms with E-state index in [0.29, 0.717) is 0 Å². The first-order chi connectivity index (χ1) is 24.3. The molecule has 0 amide bonds. The maximum atomic E-state index is 2.46. The summed E-state index contributed by atoms with van der Waals surface area (Å²) in [5.41, 5.74) is 9.95. The van der Waals surface area contributed by atoms with Gasteiger partial charge in [-0.1, -0.05) is 60.7 Å². The second kappa shape index (κ2) is 11.5. The van der Waals surface area contributed by atoms with E-state index in [1.165, 1.54) is 96.1 Å². The third-order valence-corrected chi connectivity index (χ3v) is 12.5. The van der Waals surface area contributed by atoms with Crippen LogP contribution in [0.2, 0.25) is 0 Å². The van der Waals surface area contributed by atoms with E-state index in [-0.39, 0.29) is 14.5 Å². The molecule has 0 aliphatic rings. The van der Waals surface area contributed by atoms with Gasteiger partial charge in [-0.15, -0.1) is 0 Å². The van der Waals surface area contributed by atoms with E-state index >= 15 is 0 Å². The van der Waals surface area contributed by atoms with Crippen LogP contribution in [0.1, 0.15) is 0 Å². The fourth-order valence-electron chi connectivity index (χ4n) is 7.59. The average Bonchev–Trinajstić information content (AvgIpc) is 3.56. The van der Waals surface area contributed by atoms with Crippen molar-refractivity contribution in [2.24, 2.45) is 0 Å². The predicted molar refractivity (Wildman–Crippen MR) is 213 cm³/mol. The van der Waals surface area contributed by atoms with E-state index in [9.17, 15) is 0 Å². The molecule has 9 aromatic carbocycles. The van der Waals surface area contributed by atoms with Gasteiger partial charge in [0.15, 0.2) is 0 Å². The van der Waals surface area contributed by atoms with E-state index in [1.54, 1.807) is 0 Å². The summed E-state index contributed by atoms with van der Waals surface area (Å²) in [6.45, 7) is 0. The van der Waals surface area contributed by atoms with Crippen LogP contribution < -0.4 is 0 Å². The molecule has 0 aliphatic carbocycles. The summed E-state index contributed by atoms with van der Waals surface area (Å²) >= 11 is 0.238. The summed E-state index contributed by atoms with van der Waals surface area (Å²) in [6.07, 6.45) is 0. The molecule has 1 aromatic heterocycles. The van der Waals surface area contributed by atoms with Crippen LogP contribution in [0.3, 0.4) is 0 Å². The van der Waals surface area contributed by atoms with Crippen LogP contribution in [-0.4, -0.2) is 14.5 Å². The van der Waals surface area contributed by atoms with Gasteiger partial charge in [-0.25, -0.2) is 0 Å². The maximum absolute atomic E-state index is 2.46. The van der Waals surface area contributed by atoms with Gasteiger partial charge in [-0.2, -0.15) is 0 Å². The Kier molecular flexibility index (Phi) is 6.62. The van der Waals surface area contributed by atoms with Crippen LogP contribution in [0.25, 0.3) is 96.1 Å². The van der Waals surface area contributed by atoms with Crippen molar-refractivity contribution in [1.29, 1.82) is 0 Å². The molecule has 0 spiro atoms. The Morgan fingerprint density at radius 2 is 0.878 bits per heavy atom. The Morgan fingerprint density at radius 1 is 0.286 bits per heavy atom. The fraction of sp³-hybridized carbons (Fsp3) is 0. The number of rotatable bonds is 4. The molecule has 0 bridgehead atoms. The molecule has 0 saturated heterocycles. The van der Waals surface area contributed by atoms with Crippen LogP contribution >= 0.6 is 0 Å². The average molecular weight is 686 g/mol. The van der Waals surface area contributed by atoms with E-state index in [0.717, 1.165) is 0 Å². The smallest absolute Gasteiger partial charge is 0.0544 e. The molecule has 228 valence electrons. The summed E-state index contributed by atoms with van der Waals surface area (Å²) in [5, 5.41) is 10.8. The van der Waals surface area contributed by atoms with Crippen molar-refractivity contribution >= 4 is 66.1 Å². The summed E-state index contributed by atoms with van der Waals surface area (Å²) in [6, 6.07) is 67.3. The van der Waals surface area contributed by atoms with Crippen LogP contribution in [0.4, 0.5) is 0 Å². The summed E-state index contributed by atoms with van der Waals surface area (Å²) < 4.78 is 2.99. The van der Waals surface area contributed by atoms with E-state index in [2.05, 4.69) is 182 Å². The van der Waals surface area contributed by atoms with Gasteiger partial charge in [0.05, 0.1) is 0 Å². The third-order valence-electron chi connectivity index (χ3n) is 10.0. The molecule has 0 nitrogen and oxygen atoms in total. The van der Waals surface area contributed by atoms with Crippen molar-refractivity contribution in [3.63, 3.8) is 0 Å². The van der Waals surface area contributed by atoms with Gasteiger partial charge in [0.1, 0.15) is 0 Å². The fourth-order valence-corrected chi connectivity index (χ4v) is 10.3. The third kappa shape index (κ3) is 4.82. The van der Waals surface area contributed by atoms with Gasteiger partial charge in [0, 0.05) is 0 Å². The Balaban J connectivity index is 1.10. The van der Waals surface area contributed by atoms with Gasteiger partial charge < -0.3 is 0 Å². The Hall–Kier alpha value is -5.72. The van der Waals surface area contributed by atoms with Gasteiger partial charge in [-0.3, -0.25) is 0 Å². The van der Waals surface area contributed by atoms with Gasteiger partial charge in [0.25, 0.3) is 0 Å². The normalized spacial score (nSPS) is 11.7. The number of benzene rings is 9. The monoisotopic (exact) mass is 686 g/mol. The van der Waals surface area contributed by atoms with Crippen molar-refractivity contribution in [2.45, 2.75) is 0 Å². The molecule has 10 aromatic rings. The topological polar surface area (TPSA) is 0 Å². The molecule has 0 aliphatic heterocycles. The van der Waals surface area contributed by atoms with Gasteiger partial charge in [-0.05, 0) is 0 Å². The maximum Gasteiger partial charge on any atom is -0.0544 e. The molecular weight excluding hydrogens is 655 g/mol. The molecule has 0 saturated carbocycles. The van der Waals surface area contributed by atoms with E-state index in [1.807, 2.05) is 0 Å². The molecule has 49 heavy (non-hydrogen) atoms. The first kappa shape index (κ1) is 28.3. The Morgan fingerprint density at radius 3 is 1.65 bits per heavy atom. The minimum absolute atomic E-state index is 0.238. The molecule has 1 heteroatoms. The second-order valence-corrected chi connectivity index (χ2v) is 15.1. The van der Waals surface area contributed by atoms with E-state index < -0.39 is 0 Å². The van der Waals surface area contributed by atoms with Crippen molar-refractivity contribution in [2.75, 3.05) is 0 Å². The van der Waals surface area contributed by atoms with Crippen molar-refractivity contribution in [1.82, 2.24) is 0 Å². The van der Waals surface area contributed by atoms with Gasteiger partial charge >= 0.3 is 232 Å². The van der Waals surface area contributed by atoms with Crippen LogP contribution in [0.15, 0.2) is 182 Å². The number of hydrogen-bond acceptors (Lipinski definition) is 0. The molecule has 0 fully saturated rings. The largest absolute Gasteiger partial charge is 0.0617 e. The zero-order valence-corrected chi connectivity index (χ0v) is 28.4. The zero-order chi connectivity index (χ0) is 32.3. The molecule has 1 heterocycles. The van der Waals surface area contributed by atoms with Crippen molar-refractivity contribution in [3.8, 4) is 44.5 Å². The van der Waals surface area contributed by atoms with Crippen molar-refractivity contribution < 1.29 is 0 Å². The second-order valence-electron chi connectivity index (χ2n) is 12.9. The molecule has 0 N–H and O–H groups in total. The standard InChI is InChI=1S/C48H30Se/c1-3-10-31(11-4-1)38-27-39(32-12-5-2-6-13-32)29-40(28-38)35-21-23-42-36(26-35)15-9-17-41(42)37-22-24-44-45-25-20-34-19-18-33-14-7-8-16-43(33)47(34)48(45)49-46(44)30-37/h1-30H. The Bertz CT molecular complexity index is 2800. The number of hydrogen-bond donors (Lipinski definition) is 0. The number of fused-ring (bicyclic) bond motifs is 8. The van der Waals surface area contributed by atoms with Crippen LogP contribution in [-0.2, 0) is 0 Å². The molecule has 0 unspecified atom stereocenters. The summed E-state index contributed by atoms with van der Waals surface area (Å²) in [5.74, 6) is 0. The predicted octanol–water partition coefficient (Wildman–Crippen LogP) is 13.2. The molecule has 0 atom stereocenters. The SMILES string of the molecule is c1ccc(-c2cc(-c3ccccc3)cc(-c3ccc4c(-c5ccc6c(c5)[se]c5c6ccc6ccc7ccccc7c65)cccc4c3)c2)cc1. The minimum atomic E-state index is 0.238. The molecular formula is C48H30Se. The summed E-state index contributed by atoms with van der Waals surface area (Å²) in [4.78, 5) is 0. The first-order valence-corrected chi connectivity index (χ1v) is 18.5. The molecule has 10 rings (SSSR count). The quantitative estimate of drug-likeness (QED) is 0.128. The van der Waals surface area contributed by atoms with Gasteiger partial charge in [0.2, 0.25) is 0 Å². The van der Waals surface area contributed by atoms with Crippen LogP contribution in [0.5, 0.6) is 0 Å². The van der Waals surface area contributed by atoms with Crippen LogP contribution in [0, 0.1) is 0 Å². The molecule has 0 radical (unpaired) electrons. The minimum Gasteiger partial charge on any atom is -0.0617 e. The Labute approximate surface area is 291 Å².